The SMILES string of the molecule is COc1ccccc1-c1nc2c3c(C)c(C)n(-c4ccccn4)c3ncn2n1. The summed E-state index contributed by atoms with van der Waals surface area (Å²) in [5, 5.41) is 5.60. The molecule has 5 aromatic rings. The summed E-state index contributed by atoms with van der Waals surface area (Å²) in [6.07, 6.45) is 3.48. The highest BCUT2D eigenvalue weighted by Gasteiger charge is 2.20. The second-order valence-corrected chi connectivity index (χ2v) is 6.58. The van der Waals surface area contributed by atoms with Crippen LogP contribution in [0, 0.1) is 13.8 Å². The Kier molecular flexibility index (Phi) is 3.61. The maximum Gasteiger partial charge on any atom is 0.185 e. The predicted molar refractivity (Wildman–Crippen MR) is 107 cm³/mol. The molecule has 0 amide bonds. The molecule has 0 bridgehead atoms. The van der Waals surface area contributed by atoms with E-state index in [1.807, 2.05) is 42.5 Å². The van der Waals surface area contributed by atoms with Crippen LogP contribution in [-0.2, 0) is 0 Å². The van der Waals surface area contributed by atoms with E-state index < -0.39 is 0 Å². The molecule has 5 rings (SSSR count). The van der Waals surface area contributed by atoms with Crippen LogP contribution < -0.4 is 4.74 Å². The van der Waals surface area contributed by atoms with Crippen molar-refractivity contribution in [1.82, 2.24) is 29.1 Å². The Morgan fingerprint density at radius 1 is 0.929 bits per heavy atom. The van der Waals surface area contributed by atoms with Crippen molar-refractivity contribution < 1.29 is 4.74 Å². The van der Waals surface area contributed by atoms with Gasteiger partial charge in [-0.15, -0.1) is 5.10 Å². The van der Waals surface area contributed by atoms with Gasteiger partial charge in [-0.25, -0.2) is 19.5 Å². The van der Waals surface area contributed by atoms with Crippen LogP contribution in [0.15, 0.2) is 55.0 Å². The molecule has 0 aliphatic carbocycles. The van der Waals surface area contributed by atoms with E-state index in [1.54, 1.807) is 24.1 Å². The van der Waals surface area contributed by atoms with E-state index in [0.29, 0.717) is 5.82 Å². The molecule has 0 N–H and O–H groups in total. The van der Waals surface area contributed by atoms with Crippen LogP contribution in [-0.4, -0.2) is 36.2 Å². The second kappa shape index (κ2) is 6.16. The van der Waals surface area contributed by atoms with Gasteiger partial charge in [0, 0.05) is 11.9 Å². The quantitative estimate of drug-likeness (QED) is 0.484. The van der Waals surface area contributed by atoms with Gasteiger partial charge in [0.1, 0.15) is 17.9 Å². The van der Waals surface area contributed by atoms with Crippen molar-refractivity contribution in [2.24, 2.45) is 0 Å². The summed E-state index contributed by atoms with van der Waals surface area (Å²) in [5.41, 5.74) is 4.62. The zero-order valence-electron chi connectivity index (χ0n) is 15.8. The van der Waals surface area contributed by atoms with E-state index in [4.69, 9.17) is 9.72 Å². The fourth-order valence-electron chi connectivity index (χ4n) is 3.57. The zero-order chi connectivity index (χ0) is 19.3. The van der Waals surface area contributed by atoms with Gasteiger partial charge in [0.2, 0.25) is 0 Å². The topological polar surface area (TPSA) is 70.1 Å². The third kappa shape index (κ3) is 2.29. The molecular weight excluding hydrogens is 352 g/mol. The molecular formula is C21H18N6O. The van der Waals surface area contributed by atoms with E-state index in [1.165, 1.54) is 0 Å². The van der Waals surface area contributed by atoms with Gasteiger partial charge in [0.15, 0.2) is 17.1 Å². The van der Waals surface area contributed by atoms with Crippen molar-refractivity contribution in [2.75, 3.05) is 7.11 Å². The highest BCUT2D eigenvalue weighted by Crippen LogP contribution is 2.32. The molecule has 0 aliphatic rings. The molecule has 0 saturated heterocycles. The van der Waals surface area contributed by atoms with Crippen molar-refractivity contribution in [3.8, 4) is 23.0 Å². The number of hydrogen-bond acceptors (Lipinski definition) is 5. The summed E-state index contributed by atoms with van der Waals surface area (Å²) in [6.45, 7) is 4.15. The number of benzene rings is 1. The summed E-state index contributed by atoms with van der Waals surface area (Å²) in [7, 11) is 1.65. The first kappa shape index (κ1) is 16.4. The number of ether oxygens (including phenoxy) is 1. The standard InChI is InChI=1S/C21H18N6O/c1-13-14(2)27(17-10-6-7-11-22-17)20-18(13)21-24-19(25-26(21)12-23-20)15-8-4-5-9-16(15)28-3/h4-12H,1-3H3. The summed E-state index contributed by atoms with van der Waals surface area (Å²) in [5.74, 6) is 2.18. The van der Waals surface area contributed by atoms with Gasteiger partial charge >= 0.3 is 0 Å². The Morgan fingerprint density at radius 2 is 1.75 bits per heavy atom. The lowest BCUT2D eigenvalue weighted by Crippen LogP contribution is -2.01. The van der Waals surface area contributed by atoms with Crippen LogP contribution in [0.5, 0.6) is 5.75 Å². The van der Waals surface area contributed by atoms with Gasteiger partial charge < -0.3 is 4.74 Å². The van der Waals surface area contributed by atoms with E-state index in [0.717, 1.165) is 45.1 Å². The molecule has 0 aliphatic heterocycles. The van der Waals surface area contributed by atoms with Crippen LogP contribution in [0.4, 0.5) is 0 Å². The number of fused-ring (bicyclic) bond motifs is 3. The Bertz CT molecular complexity index is 1320. The molecule has 7 nitrogen and oxygen atoms in total. The normalized spacial score (nSPS) is 11.4. The minimum absolute atomic E-state index is 0.606. The average molecular weight is 370 g/mol. The smallest absolute Gasteiger partial charge is 0.185 e. The molecule has 0 spiro atoms. The number of nitrogens with zero attached hydrogens (tertiary/aromatic N) is 6. The summed E-state index contributed by atoms with van der Waals surface area (Å²) in [4.78, 5) is 14.0. The Labute approximate surface area is 161 Å². The van der Waals surface area contributed by atoms with Crippen LogP contribution in [0.1, 0.15) is 11.3 Å². The van der Waals surface area contributed by atoms with Crippen molar-refractivity contribution in [1.29, 1.82) is 0 Å². The molecule has 28 heavy (non-hydrogen) atoms. The predicted octanol–water partition coefficient (Wildman–Crippen LogP) is 3.76. The number of aryl methyl sites for hydroxylation is 1. The first-order chi connectivity index (χ1) is 13.7. The van der Waals surface area contributed by atoms with E-state index in [9.17, 15) is 0 Å². The van der Waals surface area contributed by atoms with Crippen molar-refractivity contribution in [3.05, 3.63) is 66.2 Å². The van der Waals surface area contributed by atoms with E-state index in [-0.39, 0.29) is 0 Å². The molecule has 4 heterocycles. The zero-order valence-corrected chi connectivity index (χ0v) is 15.8. The monoisotopic (exact) mass is 370 g/mol. The maximum absolute atomic E-state index is 5.47. The number of hydrogen-bond donors (Lipinski definition) is 0. The van der Waals surface area contributed by atoms with Gasteiger partial charge in [0.25, 0.3) is 0 Å². The molecule has 0 unspecified atom stereocenters. The maximum atomic E-state index is 5.47. The summed E-state index contributed by atoms with van der Waals surface area (Å²) < 4.78 is 9.25. The lowest BCUT2D eigenvalue weighted by Gasteiger charge is -2.05. The van der Waals surface area contributed by atoms with Crippen molar-refractivity contribution >= 4 is 16.7 Å². The molecule has 0 saturated carbocycles. The minimum atomic E-state index is 0.606. The van der Waals surface area contributed by atoms with E-state index >= 15 is 0 Å². The van der Waals surface area contributed by atoms with Crippen LogP contribution in [0.25, 0.3) is 33.9 Å². The number of pyridine rings is 1. The lowest BCUT2D eigenvalue weighted by atomic mass is 10.2. The summed E-state index contributed by atoms with van der Waals surface area (Å²) >= 11 is 0. The fourth-order valence-corrected chi connectivity index (χ4v) is 3.57. The largest absolute Gasteiger partial charge is 0.496 e. The first-order valence-corrected chi connectivity index (χ1v) is 8.97. The average Bonchev–Trinajstić information content (AvgIpc) is 3.28. The Morgan fingerprint density at radius 3 is 2.54 bits per heavy atom. The first-order valence-electron chi connectivity index (χ1n) is 8.97. The molecule has 4 aromatic heterocycles. The minimum Gasteiger partial charge on any atom is -0.496 e. The fraction of sp³-hybridized carbons (Fsp3) is 0.143. The third-order valence-corrected chi connectivity index (χ3v) is 5.06. The van der Waals surface area contributed by atoms with Gasteiger partial charge in [-0.2, -0.15) is 0 Å². The highest BCUT2D eigenvalue weighted by atomic mass is 16.5. The van der Waals surface area contributed by atoms with Crippen molar-refractivity contribution in [3.63, 3.8) is 0 Å². The van der Waals surface area contributed by atoms with Crippen LogP contribution in [0.2, 0.25) is 0 Å². The molecule has 138 valence electrons. The van der Waals surface area contributed by atoms with Crippen LogP contribution in [0.3, 0.4) is 0 Å². The molecule has 7 heteroatoms. The molecule has 0 fully saturated rings. The number of aromatic nitrogens is 6. The second-order valence-electron chi connectivity index (χ2n) is 6.58. The van der Waals surface area contributed by atoms with Gasteiger partial charge in [-0.1, -0.05) is 18.2 Å². The van der Waals surface area contributed by atoms with Crippen molar-refractivity contribution in [2.45, 2.75) is 13.8 Å². The third-order valence-electron chi connectivity index (χ3n) is 5.06. The number of para-hydroxylation sites is 1. The summed E-state index contributed by atoms with van der Waals surface area (Å²) in [6, 6.07) is 13.6. The number of methoxy groups -OCH3 is 1. The van der Waals surface area contributed by atoms with Gasteiger partial charge in [-0.3, -0.25) is 4.57 Å². The molecule has 1 aromatic carbocycles. The Hall–Kier alpha value is -3.74. The van der Waals surface area contributed by atoms with Gasteiger partial charge in [-0.05, 0) is 43.7 Å². The molecule has 0 radical (unpaired) electrons. The molecule has 0 atom stereocenters. The van der Waals surface area contributed by atoms with Crippen LogP contribution >= 0.6 is 0 Å². The Balaban J connectivity index is 1.81. The van der Waals surface area contributed by atoms with E-state index in [2.05, 4.69) is 33.5 Å². The highest BCUT2D eigenvalue weighted by molar-refractivity contribution is 5.95. The van der Waals surface area contributed by atoms with Gasteiger partial charge in [0.05, 0.1) is 18.1 Å². The number of rotatable bonds is 3. The lowest BCUT2D eigenvalue weighted by molar-refractivity contribution is 0.416.